The minimum absolute atomic E-state index is 0.0863. The van der Waals surface area contributed by atoms with E-state index < -0.39 is 17.8 Å². The Kier molecular flexibility index (Phi) is 4.20. The molecule has 0 saturated heterocycles. The molecule has 2 aromatic rings. The van der Waals surface area contributed by atoms with Crippen LogP contribution in [0.5, 0.6) is 5.75 Å². The van der Waals surface area contributed by atoms with Gasteiger partial charge in [0.2, 0.25) is 0 Å². The first kappa shape index (κ1) is 13.9. The summed E-state index contributed by atoms with van der Waals surface area (Å²) in [7, 11) is 1.26. The molecule has 0 aliphatic carbocycles. The van der Waals surface area contributed by atoms with Crippen molar-refractivity contribution in [3.8, 4) is 5.75 Å². The van der Waals surface area contributed by atoms with Gasteiger partial charge >= 0.3 is 5.97 Å². The normalized spacial score (nSPS) is 11.7. The van der Waals surface area contributed by atoms with Gasteiger partial charge in [0.05, 0.1) is 12.8 Å². The highest BCUT2D eigenvalue weighted by molar-refractivity contribution is 5.81. The smallest absolute Gasteiger partial charge is 0.332 e. The van der Waals surface area contributed by atoms with Crippen molar-refractivity contribution < 1.29 is 19.0 Å². The van der Waals surface area contributed by atoms with Gasteiger partial charge in [-0.05, 0) is 29.8 Å². The summed E-state index contributed by atoms with van der Waals surface area (Å²) in [5.41, 5.74) is 0.772. The van der Waals surface area contributed by atoms with Crippen LogP contribution in [0.15, 0.2) is 48.5 Å². The number of carbonyl (C=O) groups excluding carboxylic acids is 1. The fourth-order valence-corrected chi connectivity index (χ4v) is 1.80. The SMILES string of the molecule is COC(=O)C(Nc1ccccc1F)c1ccc(O)cc1. The Morgan fingerprint density at radius 1 is 1.20 bits per heavy atom. The number of methoxy groups -OCH3 is 1. The molecule has 1 atom stereocenters. The second-order valence-electron chi connectivity index (χ2n) is 4.17. The van der Waals surface area contributed by atoms with Crippen molar-refractivity contribution in [2.75, 3.05) is 12.4 Å². The van der Waals surface area contributed by atoms with Gasteiger partial charge in [0.25, 0.3) is 0 Å². The van der Waals surface area contributed by atoms with Crippen LogP contribution in [-0.2, 0) is 9.53 Å². The van der Waals surface area contributed by atoms with Crippen molar-refractivity contribution >= 4 is 11.7 Å². The van der Waals surface area contributed by atoms with Gasteiger partial charge in [-0.25, -0.2) is 9.18 Å². The van der Waals surface area contributed by atoms with Crippen LogP contribution in [-0.4, -0.2) is 18.2 Å². The molecule has 5 heteroatoms. The molecule has 2 N–H and O–H groups in total. The van der Waals surface area contributed by atoms with Crippen molar-refractivity contribution in [3.05, 3.63) is 59.9 Å². The number of anilines is 1. The van der Waals surface area contributed by atoms with E-state index in [2.05, 4.69) is 5.32 Å². The zero-order chi connectivity index (χ0) is 14.5. The lowest BCUT2D eigenvalue weighted by molar-refractivity contribution is -0.141. The Labute approximate surface area is 115 Å². The largest absolute Gasteiger partial charge is 0.508 e. The molecule has 0 spiro atoms. The van der Waals surface area contributed by atoms with Gasteiger partial charge in [-0.3, -0.25) is 0 Å². The molecular weight excluding hydrogens is 261 g/mol. The summed E-state index contributed by atoms with van der Waals surface area (Å²) < 4.78 is 18.4. The maximum absolute atomic E-state index is 13.6. The number of nitrogens with one attached hydrogen (secondary N) is 1. The molecule has 0 radical (unpaired) electrons. The fourth-order valence-electron chi connectivity index (χ4n) is 1.80. The van der Waals surface area contributed by atoms with Crippen molar-refractivity contribution in [2.24, 2.45) is 0 Å². The van der Waals surface area contributed by atoms with Gasteiger partial charge in [-0.1, -0.05) is 24.3 Å². The van der Waals surface area contributed by atoms with Crippen LogP contribution in [0.1, 0.15) is 11.6 Å². The Balaban J connectivity index is 2.31. The third-order valence-electron chi connectivity index (χ3n) is 2.84. The van der Waals surface area contributed by atoms with Crippen LogP contribution < -0.4 is 5.32 Å². The highest BCUT2D eigenvalue weighted by atomic mass is 19.1. The summed E-state index contributed by atoms with van der Waals surface area (Å²) in [6.45, 7) is 0. The number of hydrogen-bond donors (Lipinski definition) is 2. The van der Waals surface area contributed by atoms with Crippen LogP contribution >= 0.6 is 0 Å². The number of phenols is 1. The standard InChI is InChI=1S/C15H14FNO3/c1-20-15(19)14(10-6-8-11(18)9-7-10)17-13-5-3-2-4-12(13)16/h2-9,14,17-18H,1H3. The minimum atomic E-state index is -0.850. The van der Waals surface area contributed by atoms with E-state index in [0.717, 1.165) is 0 Å². The van der Waals surface area contributed by atoms with Crippen molar-refractivity contribution in [1.29, 1.82) is 0 Å². The van der Waals surface area contributed by atoms with Gasteiger partial charge in [-0.15, -0.1) is 0 Å². The summed E-state index contributed by atoms with van der Waals surface area (Å²) >= 11 is 0. The maximum Gasteiger partial charge on any atom is 0.332 e. The second kappa shape index (κ2) is 6.06. The van der Waals surface area contributed by atoms with Crippen LogP contribution in [0, 0.1) is 5.82 Å². The lowest BCUT2D eigenvalue weighted by Crippen LogP contribution is -2.22. The number of rotatable bonds is 4. The topological polar surface area (TPSA) is 58.6 Å². The molecule has 0 amide bonds. The number of hydrogen-bond acceptors (Lipinski definition) is 4. The van der Waals surface area contributed by atoms with Gasteiger partial charge in [-0.2, -0.15) is 0 Å². The maximum atomic E-state index is 13.6. The highest BCUT2D eigenvalue weighted by Gasteiger charge is 2.22. The van der Waals surface area contributed by atoms with E-state index in [1.807, 2.05) is 0 Å². The number of phenolic OH excluding ortho intramolecular Hbond substituents is 1. The average molecular weight is 275 g/mol. The number of benzene rings is 2. The predicted molar refractivity (Wildman–Crippen MR) is 72.9 cm³/mol. The molecule has 4 nitrogen and oxygen atoms in total. The number of aromatic hydroxyl groups is 1. The number of ether oxygens (including phenoxy) is 1. The fraction of sp³-hybridized carbons (Fsp3) is 0.133. The molecule has 0 fully saturated rings. The molecule has 1 unspecified atom stereocenters. The molecule has 2 rings (SSSR count). The van der Waals surface area contributed by atoms with Crippen LogP contribution in [0.25, 0.3) is 0 Å². The molecule has 2 aromatic carbocycles. The molecule has 0 aromatic heterocycles. The number of carbonyl (C=O) groups is 1. The van der Waals surface area contributed by atoms with E-state index in [1.165, 1.54) is 31.4 Å². The molecular formula is C15H14FNO3. The van der Waals surface area contributed by atoms with Crippen molar-refractivity contribution in [1.82, 2.24) is 0 Å². The number of halogens is 1. The second-order valence-corrected chi connectivity index (χ2v) is 4.17. The van der Waals surface area contributed by atoms with Gasteiger partial charge in [0.15, 0.2) is 6.04 Å². The molecule has 0 saturated carbocycles. The predicted octanol–water partition coefficient (Wildman–Crippen LogP) is 2.86. The first-order valence-corrected chi connectivity index (χ1v) is 5.99. The Hall–Kier alpha value is -2.56. The van der Waals surface area contributed by atoms with E-state index >= 15 is 0 Å². The first-order chi connectivity index (χ1) is 9.61. The molecule has 0 aliphatic rings. The first-order valence-electron chi connectivity index (χ1n) is 5.99. The Morgan fingerprint density at radius 3 is 2.45 bits per heavy atom. The Bertz CT molecular complexity index is 598. The number of para-hydroxylation sites is 1. The van der Waals surface area contributed by atoms with Crippen LogP contribution in [0.4, 0.5) is 10.1 Å². The summed E-state index contributed by atoms with van der Waals surface area (Å²) in [5.74, 6) is -0.914. The monoisotopic (exact) mass is 275 g/mol. The molecule has 0 heterocycles. The van der Waals surface area contributed by atoms with Gasteiger partial charge < -0.3 is 15.2 Å². The van der Waals surface area contributed by atoms with E-state index in [1.54, 1.807) is 24.3 Å². The van der Waals surface area contributed by atoms with Gasteiger partial charge in [0, 0.05) is 0 Å². The molecule has 0 aliphatic heterocycles. The number of esters is 1. The van der Waals surface area contributed by atoms with Gasteiger partial charge in [0.1, 0.15) is 11.6 Å². The van der Waals surface area contributed by atoms with E-state index in [9.17, 15) is 14.3 Å². The average Bonchev–Trinajstić information content (AvgIpc) is 2.47. The Morgan fingerprint density at radius 2 is 1.85 bits per heavy atom. The third kappa shape index (κ3) is 3.06. The van der Waals surface area contributed by atoms with E-state index in [4.69, 9.17) is 4.74 Å². The molecule has 0 bridgehead atoms. The minimum Gasteiger partial charge on any atom is -0.508 e. The summed E-state index contributed by atoms with van der Waals surface area (Å²) in [6.07, 6.45) is 0. The zero-order valence-electron chi connectivity index (χ0n) is 10.8. The van der Waals surface area contributed by atoms with Crippen LogP contribution in [0.3, 0.4) is 0 Å². The zero-order valence-corrected chi connectivity index (χ0v) is 10.8. The lowest BCUT2D eigenvalue weighted by atomic mass is 10.1. The summed E-state index contributed by atoms with van der Waals surface area (Å²) in [5, 5.41) is 12.1. The third-order valence-corrected chi connectivity index (χ3v) is 2.84. The van der Waals surface area contributed by atoms with E-state index in [-0.39, 0.29) is 11.4 Å². The van der Waals surface area contributed by atoms with Crippen LogP contribution in [0.2, 0.25) is 0 Å². The van der Waals surface area contributed by atoms with Crippen molar-refractivity contribution in [2.45, 2.75) is 6.04 Å². The van der Waals surface area contributed by atoms with E-state index in [0.29, 0.717) is 5.56 Å². The quantitative estimate of drug-likeness (QED) is 0.842. The molecule has 104 valence electrons. The van der Waals surface area contributed by atoms with Crippen molar-refractivity contribution in [3.63, 3.8) is 0 Å². The lowest BCUT2D eigenvalue weighted by Gasteiger charge is -2.18. The molecule has 20 heavy (non-hydrogen) atoms. The summed E-state index contributed by atoms with van der Waals surface area (Å²) in [6, 6.07) is 11.3. The summed E-state index contributed by atoms with van der Waals surface area (Å²) in [4.78, 5) is 11.8. The highest BCUT2D eigenvalue weighted by Crippen LogP contribution is 2.24.